The second-order valence-electron chi connectivity index (χ2n) is 4.30. The summed E-state index contributed by atoms with van der Waals surface area (Å²) in [6, 6.07) is 7.84. The Morgan fingerprint density at radius 2 is 1.86 bits per heavy atom. The molecular formula is C11H14BrOSi. The van der Waals surface area contributed by atoms with Gasteiger partial charge in [0.25, 0.3) is 0 Å². The number of alkyl halides is 1. The molecule has 3 radical (unpaired) electrons. The van der Waals surface area contributed by atoms with Gasteiger partial charge in [-0.15, -0.1) is 0 Å². The molecule has 0 amide bonds. The number of ether oxygens (including phenoxy) is 1. The van der Waals surface area contributed by atoms with Crippen LogP contribution in [-0.4, -0.2) is 15.3 Å². The number of rotatable bonds is 2. The summed E-state index contributed by atoms with van der Waals surface area (Å²) in [4.78, 5) is 0. The first-order valence-corrected chi connectivity index (χ1v) is 5.94. The van der Waals surface area contributed by atoms with Gasteiger partial charge in [-0.25, -0.2) is 0 Å². The van der Waals surface area contributed by atoms with Crippen molar-refractivity contribution in [1.82, 2.24) is 0 Å². The van der Waals surface area contributed by atoms with Crippen LogP contribution in [0.15, 0.2) is 24.3 Å². The molecule has 1 nitrogen and oxygen atoms in total. The smallest absolute Gasteiger partial charge is 0.158 e. The third-order valence-electron chi connectivity index (χ3n) is 1.80. The molecule has 0 N–H and O–H groups in total. The van der Waals surface area contributed by atoms with Crippen LogP contribution in [-0.2, 0) is 0 Å². The minimum Gasteiger partial charge on any atom is -0.479 e. The molecule has 0 heterocycles. The van der Waals surface area contributed by atoms with Crippen molar-refractivity contribution in [2.75, 3.05) is 0 Å². The Labute approximate surface area is 97.4 Å². The molecule has 1 aromatic carbocycles. The third-order valence-corrected chi connectivity index (χ3v) is 3.77. The summed E-state index contributed by atoms with van der Waals surface area (Å²) in [5.74, 6) is 0.862. The number of hydrogen-bond donors (Lipinski definition) is 0. The second kappa shape index (κ2) is 4.49. The summed E-state index contributed by atoms with van der Waals surface area (Å²) in [7, 11) is 3.50. The van der Waals surface area contributed by atoms with Gasteiger partial charge < -0.3 is 4.74 Å². The predicted octanol–water partition coefficient (Wildman–Crippen LogP) is 2.63. The van der Waals surface area contributed by atoms with E-state index in [0.29, 0.717) is 0 Å². The van der Waals surface area contributed by atoms with Crippen LogP contribution >= 0.6 is 15.9 Å². The first-order valence-electron chi connectivity index (χ1n) is 4.52. The van der Waals surface area contributed by atoms with E-state index in [1.165, 1.54) is 0 Å². The van der Waals surface area contributed by atoms with Gasteiger partial charge in [-0.05, 0) is 27.2 Å². The van der Waals surface area contributed by atoms with Gasteiger partial charge in [-0.2, -0.15) is 0 Å². The van der Waals surface area contributed by atoms with Gasteiger partial charge >= 0.3 is 0 Å². The zero-order chi connectivity index (χ0) is 10.8. The fourth-order valence-corrected chi connectivity index (χ4v) is 1.30. The molecule has 0 saturated heterocycles. The topological polar surface area (TPSA) is 9.23 Å². The largest absolute Gasteiger partial charge is 0.479 e. The Morgan fingerprint density at radius 1 is 1.29 bits per heavy atom. The van der Waals surface area contributed by atoms with Crippen LogP contribution in [0.4, 0.5) is 0 Å². The quantitative estimate of drug-likeness (QED) is 0.593. The van der Waals surface area contributed by atoms with E-state index in [0.717, 1.165) is 10.9 Å². The van der Waals surface area contributed by atoms with E-state index >= 15 is 0 Å². The van der Waals surface area contributed by atoms with Crippen LogP contribution in [0.2, 0.25) is 0 Å². The molecule has 14 heavy (non-hydrogen) atoms. The van der Waals surface area contributed by atoms with Gasteiger partial charge in [0, 0.05) is 5.41 Å². The lowest BCUT2D eigenvalue weighted by Gasteiger charge is -2.26. The van der Waals surface area contributed by atoms with Crippen molar-refractivity contribution in [3.05, 3.63) is 24.3 Å². The summed E-state index contributed by atoms with van der Waals surface area (Å²) >= 11 is 3.53. The normalized spacial score (nSPS) is 13.8. The van der Waals surface area contributed by atoms with Gasteiger partial charge in [0.1, 0.15) is 5.75 Å². The first-order chi connectivity index (χ1) is 6.41. The highest BCUT2D eigenvalue weighted by Crippen LogP contribution is 2.27. The molecule has 1 atom stereocenters. The number of hydrogen-bond acceptors (Lipinski definition) is 1. The minimum atomic E-state index is 0.00694. The first kappa shape index (κ1) is 11.8. The number of halogens is 1. The maximum atomic E-state index is 5.78. The van der Waals surface area contributed by atoms with Gasteiger partial charge in [-0.1, -0.05) is 39.0 Å². The van der Waals surface area contributed by atoms with E-state index in [1.54, 1.807) is 0 Å². The van der Waals surface area contributed by atoms with Gasteiger partial charge in [0.15, 0.2) is 5.01 Å². The highest BCUT2D eigenvalue weighted by Gasteiger charge is 2.23. The van der Waals surface area contributed by atoms with Crippen molar-refractivity contribution in [1.29, 1.82) is 0 Å². The zero-order valence-electron chi connectivity index (χ0n) is 8.67. The van der Waals surface area contributed by atoms with E-state index in [-0.39, 0.29) is 10.4 Å². The molecule has 0 aliphatic rings. The second-order valence-corrected chi connectivity index (χ2v) is 5.67. The van der Waals surface area contributed by atoms with Crippen molar-refractivity contribution in [3.8, 4) is 5.75 Å². The summed E-state index contributed by atoms with van der Waals surface area (Å²) in [6.45, 7) is 6.38. The van der Waals surface area contributed by atoms with E-state index < -0.39 is 0 Å². The molecule has 0 saturated carbocycles. The Morgan fingerprint density at radius 3 is 2.36 bits per heavy atom. The van der Waals surface area contributed by atoms with Crippen LogP contribution in [0, 0.1) is 5.41 Å². The molecule has 1 unspecified atom stereocenters. The molecule has 1 rings (SSSR count). The lowest BCUT2D eigenvalue weighted by atomic mass is 9.98. The molecule has 0 fully saturated rings. The average Bonchev–Trinajstić information content (AvgIpc) is 2.07. The lowest BCUT2D eigenvalue weighted by molar-refractivity contribution is 0.172. The zero-order valence-corrected chi connectivity index (χ0v) is 11.3. The molecule has 0 aliphatic carbocycles. The molecule has 1 aromatic rings. The van der Waals surface area contributed by atoms with Gasteiger partial charge in [-0.3, -0.25) is 0 Å². The standard InChI is InChI=1S/C11H14BrOSi/c1-11(2,3)10(12)13-8-6-4-5-7-9(8)14/h4-7,10H,1-3H3. The highest BCUT2D eigenvalue weighted by atomic mass is 79.9. The minimum absolute atomic E-state index is 0.00694. The SMILES string of the molecule is CC(C)(C)C(Br)Oc1ccccc1[Si]. The third kappa shape index (κ3) is 3.14. The van der Waals surface area contributed by atoms with Crippen molar-refractivity contribution < 1.29 is 4.74 Å². The van der Waals surface area contributed by atoms with Crippen LogP contribution in [0.5, 0.6) is 5.75 Å². The number of benzene rings is 1. The summed E-state index contributed by atoms with van der Waals surface area (Å²) in [6.07, 6.45) is 0. The Balaban J connectivity index is 2.75. The Bertz CT molecular complexity index is 306. The van der Waals surface area contributed by atoms with E-state index in [9.17, 15) is 0 Å². The van der Waals surface area contributed by atoms with Crippen LogP contribution in [0.3, 0.4) is 0 Å². The fraction of sp³-hybridized carbons (Fsp3) is 0.455. The van der Waals surface area contributed by atoms with E-state index in [4.69, 9.17) is 4.74 Å². The molecule has 0 spiro atoms. The predicted molar refractivity (Wildman–Crippen MR) is 64.6 cm³/mol. The van der Waals surface area contributed by atoms with Crippen molar-refractivity contribution in [3.63, 3.8) is 0 Å². The Kier molecular flexibility index (Phi) is 3.78. The molecule has 0 aliphatic heterocycles. The fourth-order valence-electron chi connectivity index (χ4n) is 0.858. The molecular weight excluding hydrogens is 256 g/mol. The van der Waals surface area contributed by atoms with Crippen molar-refractivity contribution in [2.24, 2.45) is 5.41 Å². The Hall–Kier alpha value is -0.283. The monoisotopic (exact) mass is 269 g/mol. The summed E-state index contributed by atoms with van der Waals surface area (Å²) < 4.78 is 5.78. The molecule has 0 aromatic heterocycles. The van der Waals surface area contributed by atoms with Crippen molar-refractivity contribution in [2.45, 2.75) is 25.8 Å². The van der Waals surface area contributed by atoms with Crippen molar-refractivity contribution >= 4 is 31.4 Å². The lowest BCUT2D eigenvalue weighted by Crippen LogP contribution is -2.27. The summed E-state index contributed by atoms with van der Waals surface area (Å²) in [5.41, 5.74) is 0.0779. The van der Waals surface area contributed by atoms with Crippen LogP contribution in [0.25, 0.3) is 0 Å². The molecule has 0 bridgehead atoms. The maximum absolute atomic E-state index is 5.78. The molecule has 3 heteroatoms. The van der Waals surface area contributed by atoms with Crippen LogP contribution < -0.4 is 9.92 Å². The summed E-state index contributed by atoms with van der Waals surface area (Å²) in [5, 5.41) is 0.980. The van der Waals surface area contributed by atoms with Gasteiger partial charge in [0.2, 0.25) is 0 Å². The van der Waals surface area contributed by atoms with Gasteiger partial charge in [0.05, 0.1) is 10.2 Å². The molecule has 75 valence electrons. The van der Waals surface area contributed by atoms with E-state index in [2.05, 4.69) is 46.9 Å². The average molecular weight is 270 g/mol. The maximum Gasteiger partial charge on any atom is 0.158 e. The van der Waals surface area contributed by atoms with E-state index in [1.807, 2.05) is 24.3 Å². The number of para-hydroxylation sites is 1. The highest BCUT2D eigenvalue weighted by molar-refractivity contribution is 9.09. The van der Waals surface area contributed by atoms with Crippen LogP contribution in [0.1, 0.15) is 20.8 Å².